The van der Waals surface area contributed by atoms with Crippen molar-refractivity contribution in [2.24, 2.45) is 0 Å². The summed E-state index contributed by atoms with van der Waals surface area (Å²) in [7, 11) is 0. The Morgan fingerprint density at radius 3 is 2.75 bits per heavy atom. The van der Waals surface area contributed by atoms with E-state index in [4.69, 9.17) is 4.74 Å². The zero-order valence-corrected chi connectivity index (χ0v) is 9.62. The number of phenolic OH excluding ortho intramolecular Hbond substituents is 1. The fraction of sp³-hybridized carbons (Fsp3) is 0.308. The molecule has 0 aromatic heterocycles. The molecule has 0 spiro atoms. The first-order chi connectivity index (χ1) is 7.56. The molecule has 0 saturated heterocycles. The number of para-hydroxylation sites is 1. The van der Waals surface area contributed by atoms with E-state index < -0.39 is 5.97 Å². The van der Waals surface area contributed by atoms with E-state index in [1.54, 1.807) is 13.0 Å². The van der Waals surface area contributed by atoms with Gasteiger partial charge in [0.1, 0.15) is 0 Å². The molecule has 0 aliphatic carbocycles. The highest BCUT2D eigenvalue weighted by molar-refractivity contribution is 5.89. The van der Waals surface area contributed by atoms with Crippen LogP contribution in [0.3, 0.4) is 0 Å². The number of esters is 1. The van der Waals surface area contributed by atoms with E-state index in [0.717, 1.165) is 18.4 Å². The van der Waals surface area contributed by atoms with Gasteiger partial charge in [0.05, 0.1) is 0 Å². The molecule has 0 fully saturated rings. The predicted molar refractivity (Wildman–Crippen MR) is 62.6 cm³/mol. The number of aryl methyl sites for hydroxylation is 1. The maximum atomic E-state index is 11.4. The maximum absolute atomic E-state index is 11.4. The molecule has 1 aromatic carbocycles. The van der Waals surface area contributed by atoms with Crippen molar-refractivity contribution < 1.29 is 14.6 Å². The van der Waals surface area contributed by atoms with Crippen LogP contribution in [0.5, 0.6) is 11.5 Å². The number of hydrogen-bond acceptors (Lipinski definition) is 3. The number of rotatable bonds is 4. The van der Waals surface area contributed by atoms with Crippen LogP contribution in [0.25, 0.3) is 0 Å². The van der Waals surface area contributed by atoms with Crippen LogP contribution in [0.4, 0.5) is 0 Å². The minimum atomic E-state index is -0.515. The lowest BCUT2D eigenvalue weighted by Gasteiger charge is -2.10. The molecular formula is C13H16O3. The first-order valence-corrected chi connectivity index (χ1v) is 5.24. The minimum Gasteiger partial charge on any atom is -0.504 e. The largest absolute Gasteiger partial charge is 0.504 e. The van der Waals surface area contributed by atoms with Crippen LogP contribution in [0.2, 0.25) is 0 Å². The number of ether oxygens (including phenoxy) is 1. The van der Waals surface area contributed by atoms with E-state index in [-0.39, 0.29) is 11.5 Å². The first-order valence-electron chi connectivity index (χ1n) is 5.24. The molecule has 86 valence electrons. The van der Waals surface area contributed by atoms with E-state index in [1.807, 2.05) is 13.0 Å². The topological polar surface area (TPSA) is 46.5 Å². The van der Waals surface area contributed by atoms with Gasteiger partial charge in [0, 0.05) is 5.57 Å². The summed E-state index contributed by atoms with van der Waals surface area (Å²) in [6.45, 7) is 7.09. The van der Waals surface area contributed by atoms with Crippen LogP contribution >= 0.6 is 0 Å². The fourth-order valence-corrected chi connectivity index (χ4v) is 1.34. The van der Waals surface area contributed by atoms with Crippen molar-refractivity contribution in [3.8, 4) is 11.5 Å². The Bertz CT molecular complexity index is 408. The third-order valence-electron chi connectivity index (χ3n) is 2.14. The number of carbonyl (C=O) groups excluding carboxylic acids is 1. The number of benzene rings is 1. The van der Waals surface area contributed by atoms with Gasteiger partial charge >= 0.3 is 5.97 Å². The highest BCUT2D eigenvalue weighted by Gasteiger charge is 2.13. The molecule has 16 heavy (non-hydrogen) atoms. The van der Waals surface area contributed by atoms with Crippen LogP contribution in [0.1, 0.15) is 25.8 Å². The van der Waals surface area contributed by atoms with Gasteiger partial charge in [0.25, 0.3) is 0 Å². The highest BCUT2D eigenvalue weighted by atomic mass is 16.5. The van der Waals surface area contributed by atoms with E-state index in [2.05, 4.69) is 6.58 Å². The van der Waals surface area contributed by atoms with Gasteiger partial charge in [-0.05, 0) is 25.0 Å². The lowest BCUT2D eigenvalue weighted by molar-refractivity contribution is -0.130. The quantitative estimate of drug-likeness (QED) is 0.482. The summed E-state index contributed by atoms with van der Waals surface area (Å²) in [4.78, 5) is 11.4. The van der Waals surface area contributed by atoms with Gasteiger partial charge in [-0.25, -0.2) is 4.79 Å². The minimum absolute atomic E-state index is 0.0134. The van der Waals surface area contributed by atoms with E-state index in [0.29, 0.717) is 5.57 Å². The normalized spacial score (nSPS) is 9.88. The Labute approximate surface area is 95.4 Å². The first kappa shape index (κ1) is 12.3. The molecule has 1 rings (SSSR count). The molecule has 0 atom stereocenters. The SMILES string of the molecule is C=C(C)C(=O)Oc1c(O)cccc1CCC. The summed E-state index contributed by atoms with van der Waals surface area (Å²) < 4.78 is 5.10. The molecule has 0 aliphatic rings. The van der Waals surface area contributed by atoms with Gasteiger partial charge in [-0.1, -0.05) is 32.1 Å². The van der Waals surface area contributed by atoms with Gasteiger partial charge in [-0.15, -0.1) is 0 Å². The Morgan fingerprint density at radius 2 is 2.19 bits per heavy atom. The molecule has 0 amide bonds. The van der Waals surface area contributed by atoms with Crippen LogP contribution in [-0.4, -0.2) is 11.1 Å². The Kier molecular flexibility index (Phi) is 4.11. The summed E-state index contributed by atoms with van der Waals surface area (Å²) in [6, 6.07) is 5.07. The second-order valence-corrected chi connectivity index (χ2v) is 3.69. The second kappa shape index (κ2) is 5.35. The lowest BCUT2D eigenvalue weighted by Crippen LogP contribution is -2.09. The number of carbonyl (C=O) groups is 1. The fourth-order valence-electron chi connectivity index (χ4n) is 1.34. The molecule has 3 heteroatoms. The average molecular weight is 220 g/mol. The smallest absolute Gasteiger partial charge is 0.338 e. The van der Waals surface area contributed by atoms with Crippen LogP contribution in [0, 0.1) is 0 Å². The number of hydrogen-bond donors (Lipinski definition) is 1. The van der Waals surface area contributed by atoms with Crippen molar-refractivity contribution in [1.29, 1.82) is 0 Å². The van der Waals surface area contributed by atoms with E-state index >= 15 is 0 Å². The summed E-state index contributed by atoms with van der Waals surface area (Å²) in [5.74, 6) is -0.281. The molecule has 0 heterocycles. The summed E-state index contributed by atoms with van der Waals surface area (Å²) in [6.07, 6.45) is 1.67. The van der Waals surface area contributed by atoms with Crippen molar-refractivity contribution in [2.75, 3.05) is 0 Å². The molecule has 0 saturated carbocycles. The molecule has 1 aromatic rings. The molecule has 3 nitrogen and oxygen atoms in total. The maximum Gasteiger partial charge on any atom is 0.338 e. The molecule has 0 bridgehead atoms. The third kappa shape index (κ3) is 2.86. The third-order valence-corrected chi connectivity index (χ3v) is 2.14. The van der Waals surface area contributed by atoms with Crippen LogP contribution < -0.4 is 4.74 Å². The summed E-state index contributed by atoms with van der Waals surface area (Å²) in [5.41, 5.74) is 1.14. The summed E-state index contributed by atoms with van der Waals surface area (Å²) >= 11 is 0. The van der Waals surface area contributed by atoms with Gasteiger partial charge in [-0.2, -0.15) is 0 Å². The van der Waals surface area contributed by atoms with Gasteiger partial charge in [0.2, 0.25) is 0 Å². The van der Waals surface area contributed by atoms with Gasteiger partial charge < -0.3 is 9.84 Å². The van der Waals surface area contributed by atoms with E-state index in [9.17, 15) is 9.90 Å². The standard InChI is InChI=1S/C13H16O3/c1-4-6-10-7-5-8-11(14)12(10)16-13(15)9(2)3/h5,7-8,14H,2,4,6H2,1,3H3. The van der Waals surface area contributed by atoms with Crippen molar-refractivity contribution in [1.82, 2.24) is 0 Å². The molecule has 0 aliphatic heterocycles. The zero-order valence-electron chi connectivity index (χ0n) is 9.62. The van der Waals surface area contributed by atoms with Gasteiger partial charge in [-0.3, -0.25) is 0 Å². The number of aromatic hydroxyl groups is 1. The molecule has 0 unspecified atom stereocenters. The highest BCUT2D eigenvalue weighted by Crippen LogP contribution is 2.31. The van der Waals surface area contributed by atoms with Crippen molar-refractivity contribution >= 4 is 5.97 Å². The molecule has 0 radical (unpaired) electrons. The second-order valence-electron chi connectivity index (χ2n) is 3.69. The van der Waals surface area contributed by atoms with Crippen molar-refractivity contribution in [2.45, 2.75) is 26.7 Å². The molecule has 1 N–H and O–H groups in total. The monoisotopic (exact) mass is 220 g/mol. The Hall–Kier alpha value is -1.77. The van der Waals surface area contributed by atoms with Crippen molar-refractivity contribution in [3.63, 3.8) is 0 Å². The van der Waals surface area contributed by atoms with Crippen molar-refractivity contribution in [3.05, 3.63) is 35.9 Å². The lowest BCUT2D eigenvalue weighted by atomic mass is 10.1. The number of phenols is 1. The Balaban J connectivity index is 3.00. The average Bonchev–Trinajstić information content (AvgIpc) is 2.23. The van der Waals surface area contributed by atoms with Gasteiger partial charge in [0.15, 0.2) is 11.5 Å². The van der Waals surface area contributed by atoms with Crippen LogP contribution in [0.15, 0.2) is 30.4 Å². The molecular weight excluding hydrogens is 204 g/mol. The predicted octanol–water partition coefficient (Wildman–Crippen LogP) is 2.83. The Morgan fingerprint density at radius 1 is 1.50 bits per heavy atom. The van der Waals surface area contributed by atoms with E-state index in [1.165, 1.54) is 6.07 Å². The summed E-state index contributed by atoms with van der Waals surface area (Å²) in [5, 5.41) is 9.64. The van der Waals surface area contributed by atoms with Crippen LogP contribution in [-0.2, 0) is 11.2 Å². The zero-order chi connectivity index (χ0) is 12.1.